The van der Waals surface area contributed by atoms with Gasteiger partial charge in [-0.25, -0.2) is 4.98 Å². The van der Waals surface area contributed by atoms with Crippen molar-refractivity contribution >= 4 is 17.3 Å². The lowest BCUT2D eigenvalue weighted by molar-refractivity contribution is -0.148. The van der Waals surface area contributed by atoms with Gasteiger partial charge >= 0.3 is 5.97 Å². The van der Waals surface area contributed by atoms with Gasteiger partial charge in [0.1, 0.15) is 10.4 Å². The highest BCUT2D eigenvalue weighted by Gasteiger charge is 2.33. The molecule has 1 N–H and O–H groups in total. The number of esters is 1. The van der Waals surface area contributed by atoms with Gasteiger partial charge in [0.15, 0.2) is 0 Å². The molecule has 15 heavy (non-hydrogen) atoms. The standard InChI is InChI=1S/C10H15NO3S/c1-4-14-9(13)10(2,3)7-6-15-8(5-12)11-7/h6,12H,4-5H2,1-3H3. The van der Waals surface area contributed by atoms with E-state index in [2.05, 4.69) is 4.98 Å². The summed E-state index contributed by atoms with van der Waals surface area (Å²) in [6, 6.07) is 0. The summed E-state index contributed by atoms with van der Waals surface area (Å²) in [5.41, 5.74) is -0.102. The molecule has 0 unspecified atom stereocenters. The number of carbonyl (C=O) groups excluding carboxylic acids is 1. The van der Waals surface area contributed by atoms with E-state index in [-0.39, 0.29) is 12.6 Å². The average molecular weight is 229 g/mol. The minimum absolute atomic E-state index is 0.0937. The molecule has 0 fully saturated rings. The van der Waals surface area contributed by atoms with Crippen LogP contribution in [0, 0.1) is 0 Å². The Morgan fingerprint density at radius 2 is 2.33 bits per heavy atom. The normalized spacial score (nSPS) is 11.5. The zero-order chi connectivity index (χ0) is 11.5. The van der Waals surface area contributed by atoms with Crippen molar-refractivity contribution in [2.45, 2.75) is 32.8 Å². The predicted molar refractivity (Wildman–Crippen MR) is 57.7 cm³/mol. The molecule has 0 aliphatic heterocycles. The number of aliphatic hydroxyl groups excluding tert-OH is 1. The third-order valence-corrected chi connectivity index (χ3v) is 2.95. The van der Waals surface area contributed by atoms with Crippen LogP contribution in [0.4, 0.5) is 0 Å². The summed E-state index contributed by atoms with van der Waals surface area (Å²) in [6.45, 7) is 5.57. The third kappa shape index (κ3) is 2.54. The van der Waals surface area contributed by atoms with Crippen LogP contribution in [-0.2, 0) is 21.6 Å². The van der Waals surface area contributed by atoms with Crippen LogP contribution < -0.4 is 0 Å². The third-order valence-electron chi connectivity index (χ3n) is 2.11. The summed E-state index contributed by atoms with van der Waals surface area (Å²) >= 11 is 1.34. The minimum atomic E-state index is -0.750. The van der Waals surface area contributed by atoms with Crippen molar-refractivity contribution in [1.29, 1.82) is 0 Å². The Kier molecular flexibility index (Phi) is 3.82. The van der Waals surface area contributed by atoms with Crippen molar-refractivity contribution < 1.29 is 14.6 Å². The van der Waals surface area contributed by atoms with Crippen LogP contribution in [0.3, 0.4) is 0 Å². The van der Waals surface area contributed by atoms with Gasteiger partial charge in [-0.3, -0.25) is 4.79 Å². The van der Waals surface area contributed by atoms with E-state index in [1.807, 2.05) is 0 Å². The first kappa shape index (κ1) is 12.1. The first-order valence-electron chi connectivity index (χ1n) is 4.75. The summed E-state index contributed by atoms with van der Waals surface area (Å²) < 4.78 is 4.97. The minimum Gasteiger partial charge on any atom is -0.465 e. The molecule has 0 atom stereocenters. The van der Waals surface area contributed by atoms with Gasteiger partial charge in [0.25, 0.3) is 0 Å². The van der Waals surface area contributed by atoms with Gasteiger partial charge < -0.3 is 9.84 Å². The lowest BCUT2D eigenvalue weighted by Gasteiger charge is -2.19. The number of hydrogen-bond donors (Lipinski definition) is 1. The van der Waals surface area contributed by atoms with Crippen molar-refractivity contribution in [2.24, 2.45) is 0 Å². The monoisotopic (exact) mass is 229 g/mol. The number of rotatable bonds is 4. The largest absolute Gasteiger partial charge is 0.465 e. The van der Waals surface area contributed by atoms with Crippen LogP contribution in [-0.4, -0.2) is 22.7 Å². The van der Waals surface area contributed by atoms with Crippen molar-refractivity contribution in [3.8, 4) is 0 Å². The van der Waals surface area contributed by atoms with E-state index < -0.39 is 5.41 Å². The van der Waals surface area contributed by atoms with Gasteiger partial charge in [0.2, 0.25) is 0 Å². The van der Waals surface area contributed by atoms with Gasteiger partial charge in [-0.05, 0) is 20.8 Å². The molecule has 0 aromatic carbocycles. The van der Waals surface area contributed by atoms with E-state index in [0.29, 0.717) is 17.3 Å². The summed E-state index contributed by atoms with van der Waals surface area (Å²) in [6.07, 6.45) is 0. The Hall–Kier alpha value is -0.940. The maximum absolute atomic E-state index is 11.6. The molecule has 0 amide bonds. The number of nitrogens with zero attached hydrogens (tertiary/aromatic N) is 1. The molecule has 0 aliphatic rings. The second-order valence-electron chi connectivity index (χ2n) is 3.63. The summed E-state index contributed by atoms with van der Waals surface area (Å²) in [4.78, 5) is 15.8. The molecule has 1 aromatic heterocycles. The maximum atomic E-state index is 11.6. The first-order valence-corrected chi connectivity index (χ1v) is 5.63. The average Bonchev–Trinajstić information content (AvgIpc) is 2.66. The number of aromatic nitrogens is 1. The Labute approximate surface area is 92.9 Å². The molecule has 1 rings (SSSR count). The second-order valence-corrected chi connectivity index (χ2v) is 4.57. The van der Waals surface area contributed by atoms with Gasteiger partial charge in [-0.2, -0.15) is 0 Å². The summed E-state index contributed by atoms with van der Waals surface area (Å²) in [5.74, 6) is -0.292. The van der Waals surface area contributed by atoms with Crippen molar-refractivity contribution in [3.05, 3.63) is 16.1 Å². The number of carbonyl (C=O) groups is 1. The molecule has 1 aromatic rings. The highest BCUT2D eigenvalue weighted by Crippen LogP contribution is 2.26. The Morgan fingerprint density at radius 3 is 2.80 bits per heavy atom. The SMILES string of the molecule is CCOC(=O)C(C)(C)c1csc(CO)n1. The molecule has 4 nitrogen and oxygen atoms in total. The van der Waals surface area contributed by atoms with Gasteiger partial charge in [0.05, 0.1) is 18.9 Å². The summed E-state index contributed by atoms with van der Waals surface area (Å²) in [5, 5.41) is 11.3. The van der Waals surface area contributed by atoms with Crippen LogP contribution in [0.1, 0.15) is 31.5 Å². The van der Waals surface area contributed by atoms with E-state index in [1.165, 1.54) is 11.3 Å². The van der Waals surface area contributed by atoms with E-state index in [0.717, 1.165) is 0 Å². The molecule has 1 heterocycles. The zero-order valence-corrected chi connectivity index (χ0v) is 9.93. The number of thiazole rings is 1. The quantitative estimate of drug-likeness (QED) is 0.794. The fourth-order valence-corrected chi connectivity index (χ4v) is 1.91. The molecular formula is C10H15NO3S. The number of ether oxygens (including phenoxy) is 1. The molecule has 0 spiro atoms. The fraction of sp³-hybridized carbons (Fsp3) is 0.600. The first-order chi connectivity index (χ1) is 7.02. The van der Waals surface area contributed by atoms with Crippen molar-refractivity contribution in [3.63, 3.8) is 0 Å². The number of aliphatic hydroxyl groups is 1. The second kappa shape index (κ2) is 4.72. The number of hydrogen-bond acceptors (Lipinski definition) is 5. The molecular weight excluding hydrogens is 214 g/mol. The molecule has 5 heteroatoms. The van der Waals surface area contributed by atoms with E-state index in [9.17, 15) is 4.79 Å². The smallest absolute Gasteiger partial charge is 0.317 e. The zero-order valence-electron chi connectivity index (χ0n) is 9.11. The van der Waals surface area contributed by atoms with Crippen LogP contribution >= 0.6 is 11.3 Å². The maximum Gasteiger partial charge on any atom is 0.317 e. The Balaban J connectivity index is 2.89. The molecule has 0 bridgehead atoms. The summed E-state index contributed by atoms with van der Waals surface area (Å²) in [7, 11) is 0. The van der Waals surface area contributed by atoms with E-state index in [4.69, 9.17) is 9.84 Å². The highest BCUT2D eigenvalue weighted by molar-refractivity contribution is 7.09. The lowest BCUT2D eigenvalue weighted by atomic mass is 9.90. The molecule has 0 aliphatic carbocycles. The molecule has 0 radical (unpaired) electrons. The Morgan fingerprint density at radius 1 is 1.67 bits per heavy atom. The molecule has 0 saturated carbocycles. The van der Waals surface area contributed by atoms with Crippen LogP contribution in [0.25, 0.3) is 0 Å². The topological polar surface area (TPSA) is 59.4 Å². The van der Waals surface area contributed by atoms with Crippen molar-refractivity contribution in [1.82, 2.24) is 4.98 Å². The van der Waals surface area contributed by atoms with Crippen molar-refractivity contribution in [2.75, 3.05) is 6.61 Å². The van der Waals surface area contributed by atoms with Crippen LogP contribution in [0.5, 0.6) is 0 Å². The predicted octanol–water partition coefficient (Wildman–Crippen LogP) is 1.48. The van der Waals surface area contributed by atoms with E-state index >= 15 is 0 Å². The van der Waals surface area contributed by atoms with E-state index in [1.54, 1.807) is 26.2 Å². The van der Waals surface area contributed by atoms with Crippen LogP contribution in [0.2, 0.25) is 0 Å². The lowest BCUT2D eigenvalue weighted by Crippen LogP contribution is -2.31. The van der Waals surface area contributed by atoms with Gasteiger partial charge in [-0.15, -0.1) is 11.3 Å². The van der Waals surface area contributed by atoms with Gasteiger partial charge in [-0.1, -0.05) is 0 Å². The van der Waals surface area contributed by atoms with Gasteiger partial charge in [0, 0.05) is 5.38 Å². The fourth-order valence-electron chi connectivity index (χ4n) is 1.09. The molecule has 84 valence electrons. The highest BCUT2D eigenvalue weighted by atomic mass is 32.1. The molecule has 0 saturated heterocycles. The van der Waals surface area contributed by atoms with Crippen LogP contribution in [0.15, 0.2) is 5.38 Å². The Bertz CT molecular complexity index is 346.